The van der Waals surface area contributed by atoms with Crippen molar-refractivity contribution in [2.75, 3.05) is 0 Å². The molecule has 1 fully saturated rings. The van der Waals surface area contributed by atoms with Crippen LogP contribution in [0, 0.1) is 0 Å². The summed E-state index contributed by atoms with van der Waals surface area (Å²) in [5, 5.41) is 11.1. The first-order valence-electron chi connectivity index (χ1n) is 12.2. The molecule has 0 spiro atoms. The topological polar surface area (TPSA) is 88.9 Å². The fraction of sp³-hybridized carbons (Fsp3) is 0.286. The molecule has 1 aliphatic rings. The molecule has 0 bridgehead atoms. The average molecular weight is 468 g/mol. The van der Waals surface area contributed by atoms with Crippen molar-refractivity contribution in [1.82, 2.24) is 25.4 Å². The molecule has 178 valence electrons. The molecule has 35 heavy (non-hydrogen) atoms. The molecule has 2 aromatic carbocycles. The summed E-state index contributed by atoms with van der Waals surface area (Å²) < 4.78 is 1.81. The zero-order valence-electron chi connectivity index (χ0n) is 19.8. The van der Waals surface area contributed by atoms with E-state index in [1.807, 2.05) is 65.3 Å². The van der Waals surface area contributed by atoms with Gasteiger partial charge >= 0.3 is 0 Å². The second-order valence-electron chi connectivity index (χ2n) is 9.13. The average Bonchev–Trinajstić information content (AvgIpc) is 3.54. The van der Waals surface area contributed by atoms with E-state index in [1.54, 1.807) is 19.2 Å². The number of pyridine rings is 1. The van der Waals surface area contributed by atoms with Crippen molar-refractivity contribution in [1.29, 1.82) is 0 Å². The highest BCUT2D eigenvalue weighted by molar-refractivity contribution is 6.07. The van der Waals surface area contributed by atoms with Crippen LogP contribution in [-0.2, 0) is 11.3 Å². The van der Waals surface area contributed by atoms with Gasteiger partial charge < -0.3 is 10.6 Å². The number of rotatable bonds is 7. The molecule has 2 N–H and O–H groups in total. The third-order valence-electron chi connectivity index (χ3n) is 6.54. The summed E-state index contributed by atoms with van der Waals surface area (Å²) in [7, 11) is 0. The minimum Gasteiger partial charge on any atom is -0.352 e. The molecule has 1 atom stereocenters. The van der Waals surface area contributed by atoms with Crippen LogP contribution in [0.3, 0.4) is 0 Å². The van der Waals surface area contributed by atoms with E-state index in [4.69, 9.17) is 4.98 Å². The molecule has 7 heteroatoms. The summed E-state index contributed by atoms with van der Waals surface area (Å²) >= 11 is 0. The predicted octanol–water partition coefficient (Wildman–Crippen LogP) is 4.32. The lowest BCUT2D eigenvalue weighted by Crippen LogP contribution is -2.47. The number of nitrogens with zero attached hydrogens (tertiary/aromatic N) is 3. The Balaban J connectivity index is 1.47. The van der Waals surface area contributed by atoms with Gasteiger partial charge in [0.05, 0.1) is 29.4 Å². The van der Waals surface area contributed by atoms with Gasteiger partial charge in [-0.25, -0.2) is 9.67 Å². The maximum absolute atomic E-state index is 13.4. The van der Waals surface area contributed by atoms with Crippen LogP contribution in [0.15, 0.2) is 72.9 Å². The standard InChI is InChI=1S/C28H29N5O2/c1-19(27(34)31-22-14-8-9-15-22)30-28(35)23-16-25(21-12-6-3-7-13-21)32-26-24(23)17-29-33(26)18-20-10-4-2-5-11-20/h2-7,10-13,16-17,19,22H,8-9,14-15,18H2,1H3,(H,30,35)(H,31,34)/t19-/m1/s1. The molecule has 0 radical (unpaired) electrons. The van der Waals surface area contributed by atoms with E-state index in [9.17, 15) is 9.59 Å². The maximum atomic E-state index is 13.4. The van der Waals surface area contributed by atoms with Gasteiger partial charge in [0, 0.05) is 11.6 Å². The number of nitrogens with one attached hydrogen (secondary N) is 2. The van der Waals surface area contributed by atoms with Gasteiger partial charge in [-0.3, -0.25) is 9.59 Å². The molecule has 2 amide bonds. The molecule has 5 rings (SSSR count). The first kappa shape index (κ1) is 22.8. The van der Waals surface area contributed by atoms with Crippen LogP contribution < -0.4 is 10.6 Å². The van der Waals surface area contributed by atoms with Crippen LogP contribution in [0.1, 0.15) is 48.5 Å². The van der Waals surface area contributed by atoms with Crippen LogP contribution in [0.25, 0.3) is 22.3 Å². The monoisotopic (exact) mass is 467 g/mol. The SMILES string of the molecule is C[C@@H](NC(=O)c1cc(-c2ccccc2)nc2c1cnn2Cc1ccccc1)C(=O)NC1CCCC1. The Morgan fingerprint density at radius 2 is 1.71 bits per heavy atom. The Morgan fingerprint density at radius 3 is 2.43 bits per heavy atom. The summed E-state index contributed by atoms with van der Waals surface area (Å²) in [4.78, 5) is 30.9. The van der Waals surface area contributed by atoms with Gasteiger partial charge in [-0.15, -0.1) is 0 Å². The van der Waals surface area contributed by atoms with Crippen LogP contribution in [0.2, 0.25) is 0 Å². The second kappa shape index (κ2) is 10.1. The van der Waals surface area contributed by atoms with Gasteiger partial charge in [0.15, 0.2) is 5.65 Å². The summed E-state index contributed by atoms with van der Waals surface area (Å²) in [6.45, 7) is 2.26. The van der Waals surface area contributed by atoms with Gasteiger partial charge in [0.2, 0.25) is 5.91 Å². The van der Waals surface area contributed by atoms with Crippen molar-refractivity contribution in [3.05, 3.63) is 84.1 Å². The normalized spacial score (nSPS) is 14.7. The zero-order valence-corrected chi connectivity index (χ0v) is 19.8. The van der Waals surface area contributed by atoms with Crippen LogP contribution in [0.4, 0.5) is 0 Å². The molecule has 0 saturated heterocycles. The summed E-state index contributed by atoms with van der Waals surface area (Å²) in [6.07, 6.45) is 5.95. The maximum Gasteiger partial charge on any atom is 0.252 e. The molecule has 0 aliphatic heterocycles. The first-order chi connectivity index (χ1) is 17.1. The van der Waals surface area contributed by atoms with Crippen molar-refractivity contribution in [2.45, 2.75) is 51.2 Å². The smallest absolute Gasteiger partial charge is 0.252 e. The van der Waals surface area contributed by atoms with Gasteiger partial charge in [-0.05, 0) is 31.4 Å². The van der Waals surface area contributed by atoms with Gasteiger partial charge in [0.25, 0.3) is 5.91 Å². The number of benzene rings is 2. The Bertz CT molecular complexity index is 1330. The lowest BCUT2D eigenvalue weighted by molar-refractivity contribution is -0.123. The highest BCUT2D eigenvalue weighted by Crippen LogP contribution is 2.25. The van der Waals surface area contributed by atoms with Gasteiger partial charge in [-0.1, -0.05) is 73.5 Å². The summed E-state index contributed by atoms with van der Waals surface area (Å²) in [6, 6.07) is 21.1. The van der Waals surface area contributed by atoms with Crippen molar-refractivity contribution in [3.8, 4) is 11.3 Å². The third kappa shape index (κ3) is 5.09. The summed E-state index contributed by atoms with van der Waals surface area (Å²) in [5.41, 5.74) is 3.76. The number of aromatic nitrogens is 3. The lowest BCUT2D eigenvalue weighted by atomic mass is 10.1. The number of carbonyl (C=O) groups excluding carboxylic acids is 2. The lowest BCUT2D eigenvalue weighted by Gasteiger charge is -2.18. The second-order valence-corrected chi connectivity index (χ2v) is 9.13. The van der Waals surface area contributed by atoms with Gasteiger partial charge in [-0.2, -0.15) is 5.10 Å². The number of amides is 2. The van der Waals surface area contributed by atoms with E-state index >= 15 is 0 Å². The number of fused-ring (bicyclic) bond motifs is 1. The molecule has 1 saturated carbocycles. The van der Waals surface area contributed by atoms with Gasteiger partial charge in [0.1, 0.15) is 6.04 Å². The molecular weight excluding hydrogens is 438 g/mol. The fourth-order valence-corrected chi connectivity index (χ4v) is 4.60. The highest BCUT2D eigenvalue weighted by Gasteiger charge is 2.24. The molecule has 1 aliphatic carbocycles. The molecule has 2 aromatic heterocycles. The highest BCUT2D eigenvalue weighted by atomic mass is 16.2. The molecule has 7 nitrogen and oxygen atoms in total. The number of hydrogen-bond acceptors (Lipinski definition) is 4. The van der Waals surface area contributed by atoms with E-state index in [-0.39, 0.29) is 17.9 Å². The van der Waals surface area contributed by atoms with Crippen molar-refractivity contribution < 1.29 is 9.59 Å². The van der Waals surface area contributed by atoms with E-state index in [2.05, 4.69) is 15.7 Å². The molecular formula is C28H29N5O2. The number of carbonyl (C=O) groups is 2. The van der Waals surface area contributed by atoms with Crippen LogP contribution >= 0.6 is 0 Å². The van der Waals surface area contributed by atoms with E-state index in [1.165, 1.54) is 0 Å². The quantitative estimate of drug-likeness (QED) is 0.424. The molecule has 0 unspecified atom stereocenters. The van der Waals surface area contributed by atoms with E-state index in [0.29, 0.717) is 28.8 Å². The van der Waals surface area contributed by atoms with Crippen molar-refractivity contribution in [3.63, 3.8) is 0 Å². The first-order valence-corrected chi connectivity index (χ1v) is 12.2. The number of hydrogen-bond donors (Lipinski definition) is 2. The van der Waals surface area contributed by atoms with E-state index in [0.717, 1.165) is 36.8 Å². The Kier molecular flexibility index (Phi) is 6.57. The van der Waals surface area contributed by atoms with Crippen LogP contribution in [-0.4, -0.2) is 38.7 Å². The third-order valence-corrected chi connectivity index (χ3v) is 6.54. The Morgan fingerprint density at radius 1 is 1.03 bits per heavy atom. The fourth-order valence-electron chi connectivity index (χ4n) is 4.60. The largest absolute Gasteiger partial charge is 0.352 e. The van der Waals surface area contributed by atoms with Crippen LogP contribution in [0.5, 0.6) is 0 Å². The molecule has 4 aromatic rings. The van der Waals surface area contributed by atoms with Crippen molar-refractivity contribution >= 4 is 22.8 Å². The predicted molar refractivity (Wildman–Crippen MR) is 136 cm³/mol. The molecule has 2 heterocycles. The Hall–Kier alpha value is -4.00. The van der Waals surface area contributed by atoms with E-state index < -0.39 is 6.04 Å². The minimum atomic E-state index is -0.647. The zero-order chi connectivity index (χ0) is 24.2. The summed E-state index contributed by atoms with van der Waals surface area (Å²) in [5.74, 6) is -0.471. The van der Waals surface area contributed by atoms with Crippen molar-refractivity contribution in [2.24, 2.45) is 0 Å². The Labute approximate surface area is 204 Å². The minimum absolute atomic E-state index is 0.154.